The molecule has 1 aliphatic rings. The largest absolute Gasteiger partial charge is 0.324 e. The van der Waals surface area contributed by atoms with E-state index >= 15 is 0 Å². The van der Waals surface area contributed by atoms with Crippen LogP contribution in [-0.2, 0) is 0 Å². The van der Waals surface area contributed by atoms with Crippen molar-refractivity contribution in [3.05, 3.63) is 35.4 Å². The highest BCUT2D eigenvalue weighted by atomic mass is 19.1. The molecule has 0 radical (unpaired) electrons. The molecule has 82 valence electrons. The Kier molecular flexibility index (Phi) is 2.30. The van der Waals surface area contributed by atoms with Gasteiger partial charge in [-0.25, -0.2) is 8.78 Å². The molecule has 0 bridgehead atoms. The number of hydrogen-bond donors (Lipinski definition) is 1. The minimum absolute atomic E-state index is 0.211. The van der Waals surface area contributed by atoms with Crippen LogP contribution in [0.5, 0.6) is 0 Å². The zero-order valence-corrected chi connectivity index (χ0v) is 8.93. The molecule has 15 heavy (non-hydrogen) atoms. The van der Waals surface area contributed by atoms with Crippen LogP contribution in [-0.4, -0.2) is 0 Å². The zero-order chi connectivity index (χ0) is 11.2. The second-order valence-corrected chi connectivity index (χ2v) is 5.03. The fourth-order valence-corrected chi connectivity index (χ4v) is 2.12. The Bertz CT molecular complexity index is 367. The van der Waals surface area contributed by atoms with Gasteiger partial charge in [-0.1, -0.05) is 13.8 Å². The Balaban J connectivity index is 2.23. The van der Waals surface area contributed by atoms with Crippen LogP contribution in [0.4, 0.5) is 8.78 Å². The zero-order valence-electron chi connectivity index (χ0n) is 8.93. The maximum atomic E-state index is 13.0. The Morgan fingerprint density at radius 2 is 1.73 bits per heavy atom. The Hall–Kier alpha value is -0.960. The van der Waals surface area contributed by atoms with Crippen LogP contribution in [0, 0.1) is 23.0 Å². The van der Waals surface area contributed by atoms with Crippen molar-refractivity contribution in [1.29, 1.82) is 0 Å². The monoisotopic (exact) mass is 211 g/mol. The summed E-state index contributed by atoms with van der Waals surface area (Å²) in [5.74, 6) is -0.781. The third kappa shape index (κ3) is 2.02. The van der Waals surface area contributed by atoms with Gasteiger partial charge in [0, 0.05) is 12.1 Å². The van der Waals surface area contributed by atoms with Gasteiger partial charge in [0.15, 0.2) is 0 Å². The topological polar surface area (TPSA) is 26.0 Å². The van der Waals surface area contributed by atoms with Crippen LogP contribution in [0.1, 0.15) is 31.9 Å². The van der Waals surface area contributed by atoms with Gasteiger partial charge in [-0.15, -0.1) is 0 Å². The van der Waals surface area contributed by atoms with E-state index in [0.717, 1.165) is 12.5 Å². The fraction of sp³-hybridized carbons (Fsp3) is 0.500. The molecule has 1 fully saturated rings. The minimum atomic E-state index is -0.557. The number of benzene rings is 1. The summed E-state index contributed by atoms with van der Waals surface area (Å²) in [5, 5.41) is 0. The first-order chi connectivity index (χ1) is 6.90. The average Bonchev–Trinajstić information content (AvgIpc) is 2.72. The smallest absolute Gasteiger partial charge is 0.126 e. The van der Waals surface area contributed by atoms with E-state index in [1.165, 1.54) is 12.1 Å². The van der Waals surface area contributed by atoms with Gasteiger partial charge >= 0.3 is 0 Å². The van der Waals surface area contributed by atoms with Crippen LogP contribution in [0.25, 0.3) is 0 Å². The molecule has 1 aliphatic carbocycles. The Morgan fingerprint density at radius 3 is 2.13 bits per heavy atom. The summed E-state index contributed by atoms with van der Waals surface area (Å²) in [4.78, 5) is 0. The molecular formula is C12H15F2N. The summed E-state index contributed by atoms with van der Waals surface area (Å²) in [5.41, 5.74) is 6.75. The van der Waals surface area contributed by atoms with Crippen LogP contribution in [0.15, 0.2) is 18.2 Å². The first-order valence-electron chi connectivity index (χ1n) is 5.12. The van der Waals surface area contributed by atoms with Crippen LogP contribution in [0.3, 0.4) is 0 Å². The van der Waals surface area contributed by atoms with Crippen LogP contribution < -0.4 is 5.73 Å². The SMILES string of the molecule is CC1(C)CC1C(N)c1cc(F)cc(F)c1. The summed E-state index contributed by atoms with van der Waals surface area (Å²) in [6, 6.07) is 3.25. The second kappa shape index (κ2) is 3.27. The number of hydrogen-bond acceptors (Lipinski definition) is 1. The molecule has 0 heterocycles. The van der Waals surface area contributed by atoms with Gasteiger partial charge in [0.1, 0.15) is 11.6 Å². The second-order valence-electron chi connectivity index (χ2n) is 5.03. The third-order valence-corrected chi connectivity index (χ3v) is 3.29. The molecule has 2 N–H and O–H groups in total. The number of halogens is 2. The molecule has 2 unspecified atom stereocenters. The summed E-state index contributed by atoms with van der Waals surface area (Å²) in [6.45, 7) is 4.24. The van der Waals surface area contributed by atoms with Crippen molar-refractivity contribution in [2.24, 2.45) is 17.1 Å². The van der Waals surface area contributed by atoms with Crippen molar-refractivity contribution in [3.63, 3.8) is 0 Å². The highest BCUT2D eigenvalue weighted by molar-refractivity contribution is 5.24. The predicted molar refractivity (Wildman–Crippen MR) is 55.2 cm³/mol. The lowest BCUT2D eigenvalue weighted by Crippen LogP contribution is -2.15. The highest BCUT2D eigenvalue weighted by Crippen LogP contribution is 2.56. The highest BCUT2D eigenvalue weighted by Gasteiger charge is 2.49. The first kappa shape index (κ1) is 10.6. The van der Waals surface area contributed by atoms with E-state index in [2.05, 4.69) is 13.8 Å². The molecule has 2 rings (SSSR count). The lowest BCUT2D eigenvalue weighted by Gasteiger charge is -2.14. The van der Waals surface area contributed by atoms with Crippen molar-refractivity contribution < 1.29 is 8.78 Å². The third-order valence-electron chi connectivity index (χ3n) is 3.29. The van der Waals surface area contributed by atoms with E-state index in [1.54, 1.807) is 0 Å². The molecule has 1 nitrogen and oxygen atoms in total. The standard InChI is InChI=1S/C12H15F2N/c1-12(2)6-10(12)11(15)7-3-8(13)5-9(14)4-7/h3-5,10-11H,6,15H2,1-2H3. The molecule has 1 aromatic rings. The minimum Gasteiger partial charge on any atom is -0.324 e. The van der Waals surface area contributed by atoms with Gasteiger partial charge < -0.3 is 5.73 Å². The Labute approximate surface area is 88.3 Å². The van der Waals surface area contributed by atoms with E-state index in [0.29, 0.717) is 11.5 Å². The van der Waals surface area contributed by atoms with Crippen molar-refractivity contribution >= 4 is 0 Å². The summed E-state index contributed by atoms with van der Waals surface area (Å²) in [7, 11) is 0. The van der Waals surface area contributed by atoms with E-state index in [4.69, 9.17) is 5.73 Å². The molecule has 2 atom stereocenters. The van der Waals surface area contributed by atoms with Crippen LogP contribution in [0.2, 0.25) is 0 Å². The lowest BCUT2D eigenvalue weighted by molar-refractivity contribution is 0.485. The number of nitrogens with two attached hydrogens (primary N) is 1. The van der Waals surface area contributed by atoms with Gasteiger partial charge in [-0.05, 0) is 35.4 Å². The van der Waals surface area contributed by atoms with E-state index in [-0.39, 0.29) is 11.5 Å². The Morgan fingerprint density at radius 1 is 1.27 bits per heavy atom. The van der Waals surface area contributed by atoms with Gasteiger partial charge in [0.2, 0.25) is 0 Å². The fourth-order valence-electron chi connectivity index (χ4n) is 2.12. The first-order valence-corrected chi connectivity index (χ1v) is 5.12. The van der Waals surface area contributed by atoms with Crippen molar-refractivity contribution in [1.82, 2.24) is 0 Å². The molecule has 1 saturated carbocycles. The van der Waals surface area contributed by atoms with Gasteiger partial charge in [0.25, 0.3) is 0 Å². The lowest BCUT2D eigenvalue weighted by atomic mass is 9.98. The molecule has 0 aromatic heterocycles. The maximum absolute atomic E-state index is 13.0. The number of rotatable bonds is 2. The summed E-state index contributed by atoms with van der Waals surface area (Å²) < 4.78 is 25.9. The average molecular weight is 211 g/mol. The normalized spacial score (nSPS) is 25.0. The van der Waals surface area contributed by atoms with Crippen molar-refractivity contribution in [2.75, 3.05) is 0 Å². The van der Waals surface area contributed by atoms with Gasteiger partial charge in [-0.3, -0.25) is 0 Å². The van der Waals surface area contributed by atoms with Gasteiger partial charge in [-0.2, -0.15) is 0 Å². The molecule has 0 amide bonds. The van der Waals surface area contributed by atoms with E-state index in [1.807, 2.05) is 0 Å². The van der Waals surface area contributed by atoms with E-state index < -0.39 is 11.6 Å². The molecule has 0 saturated heterocycles. The summed E-state index contributed by atoms with van der Waals surface area (Å²) in [6.07, 6.45) is 1.02. The predicted octanol–water partition coefficient (Wildman–Crippen LogP) is 3.01. The van der Waals surface area contributed by atoms with E-state index in [9.17, 15) is 8.78 Å². The molecule has 3 heteroatoms. The molecule has 0 aliphatic heterocycles. The van der Waals surface area contributed by atoms with Crippen LogP contribution >= 0.6 is 0 Å². The molecule has 1 aromatic carbocycles. The summed E-state index contributed by atoms with van der Waals surface area (Å²) >= 11 is 0. The van der Waals surface area contributed by atoms with Crippen molar-refractivity contribution in [2.45, 2.75) is 26.3 Å². The molecular weight excluding hydrogens is 196 g/mol. The molecule has 0 spiro atoms. The van der Waals surface area contributed by atoms with Crippen molar-refractivity contribution in [3.8, 4) is 0 Å². The van der Waals surface area contributed by atoms with Gasteiger partial charge in [0.05, 0.1) is 0 Å². The maximum Gasteiger partial charge on any atom is 0.126 e. The quantitative estimate of drug-likeness (QED) is 0.799.